The number of guanidine groups is 1. The third-order valence-corrected chi connectivity index (χ3v) is 6.62. The zero-order valence-electron chi connectivity index (χ0n) is 17.8. The minimum absolute atomic E-state index is 0. The van der Waals surface area contributed by atoms with Crippen molar-refractivity contribution in [1.29, 1.82) is 0 Å². The predicted octanol–water partition coefficient (Wildman–Crippen LogP) is 2.68. The number of piperidine rings is 1. The Hall–Kier alpha value is -0.570. The number of carbonyl (C=O) groups excluding carboxylic acids is 1. The molecule has 0 aromatic heterocycles. The van der Waals surface area contributed by atoms with Gasteiger partial charge in [0.05, 0.1) is 0 Å². The fourth-order valence-electron chi connectivity index (χ4n) is 4.69. The highest BCUT2D eigenvalue weighted by molar-refractivity contribution is 14.0. The van der Waals surface area contributed by atoms with E-state index in [0.717, 1.165) is 57.3 Å². The van der Waals surface area contributed by atoms with Crippen molar-refractivity contribution < 1.29 is 4.79 Å². The first-order valence-electron chi connectivity index (χ1n) is 11.1. The lowest BCUT2D eigenvalue weighted by Gasteiger charge is -2.30. The molecule has 3 rings (SSSR count). The third-order valence-electron chi connectivity index (χ3n) is 6.62. The summed E-state index contributed by atoms with van der Waals surface area (Å²) in [7, 11) is 1.83. The van der Waals surface area contributed by atoms with E-state index in [1.165, 1.54) is 45.2 Å². The maximum absolute atomic E-state index is 12.7. The van der Waals surface area contributed by atoms with Crippen LogP contribution in [-0.2, 0) is 4.79 Å². The summed E-state index contributed by atoms with van der Waals surface area (Å²) in [6.07, 6.45) is 9.57. The number of rotatable bonds is 5. The molecule has 28 heavy (non-hydrogen) atoms. The Bertz CT molecular complexity index is 501. The number of aliphatic imine (C=N–C) groups is 1. The molecule has 1 atom stereocenters. The highest BCUT2D eigenvalue weighted by Gasteiger charge is 2.31. The van der Waals surface area contributed by atoms with Crippen molar-refractivity contribution in [1.82, 2.24) is 20.4 Å². The SMILES string of the molecule is CN=C(NCCN1CCC(C)CC1)NC1CCN(C(=O)C2CCCCC2)C1.I. The minimum atomic E-state index is 0. The lowest BCUT2D eigenvalue weighted by atomic mass is 9.88. The number of hydrogen-bond donors (Lipinski definition) is 2. The van der Waals surface area contributed by atoms with Crippen molar-refractivity contribution in [3.8, 4) is 0 Å². The van der Waals surface area contributed by atoms with Crippen LogP contribution in [0.3, 0.4) is 0 Å². The zero-order valence-corrected chi connectivity index (χ0v) is 20.1. The van der Waals surface area contributed by atoms with Gasteiger partial charge in [-0.25, -0.2) is 0 Å². The molecule has 162 valence electrons. The summed E-state index contributed by atoms with van der Waals surface area (Å²) in [6, 6.07) is 0.319. The summed E-state index contributed by atoms with van der Waals surface area (Å²) in [5, 5.41) is 6.98. The van der Waals surface area contributed by atoms with Crippen molar-refractivity contribution in [2.75, 3.05) is 46.3 Å². The normalized spacial score (nSPS) is 25.4. The summed E-state index contributed by atoms with van der Waals surface area (Å²) in [5.74, 6) is 2.42. The summed E-state index contributed by atoms with van der Waals surface area (Å²) < 4.78 is 0. The van der Waals surface area contributed by atoms with Crippen LogP contribution < -0.4 is 10.6 Å². The first-order chi connectivity index (χ1) is 13.2. The van der Waals surface area contributed by atoms with Gasteiger partial charge in [0.15, 0.2) is 5.96 Å². The van der Waals surface area contributed by atoms with Gasteiger partial charge in [-0.05, 0) is 51.1 Å². The summed E-state index contributed by atoms with van der Waals surface area (Å²) in [6.45, 7) is 8.49. The third kappa shape index (κ3) is 7.04. The van der Waals surface area contributed by atoms with Gasteiger partial charge < -0.3 is 20.4 Å². The Labute approximate surface area is 188 Å². The fourth-order valence-corrected chi connectivity index (χ4v) is 4.69. The topological polar surface area (TPSA) is 60.0 Å². The molecule has 0 aromatic carbocycles. The highest BCUT2D eigenvalue weighted by Crippen LogP contribution is 2.26. The number of likely N-dealkylation sites (tertiary alicyclic amines) is 2. The number of nitrogens with one attached hydrogen (secondary N) is 2. The maximum Gasteiger partial charge on any atom is 0.225 e. The maximum atomic E-state index is 12.7. The number of carbonyl (C=O) groups is 1. The molecule has 0 aromatic rings. The van der Waals surface area contributed by atoms with Crippen LogP contribution in [0.5, 0.6) is 0 Å². The molecule has 3 fully saturated rings. The van der Waals surface area contributed by atoms with E-state index in [1.54, 1.807) is 0 Å². The lowest BCUT2D eigenvalue weighted by Crippen LogP contribution is -2.47. The molecular weight excluding hydrogens is 465 g/mol. The van der Waals surface area contributed by atoms with E-state index >= 15 is 0 Å². The van der Waals surface area contributed by atoms with Crippen molar-refractivity contribution >= 4 is 35.8 Å². The Balaban J connectivity index is 0.00000280. The molecule has 0 spiro atoms. The van der Waals surface area contributed by atoms with Crippen LogP contribution >= 0.6 is 24.0 Å². The van der Waals surface area contributed by atoms with Crippen molar-refractivity contribution in [2.45, 2.75) is 64.3 Å². The largest absolute Gasteiger partial charge is 0.355 e. The van der Waals surface area contributed by atoms with Crippen LogP contribution in [0, 0.1) is 11.8 Å². The van der Waals surface area contributed by atoms with Crippen molar-refractivity contribution in [2.24, 2.45) is 16.8 Å². The predicted molar refractivity (Wildman–Crippen MR) is 126 cm³/mol. The molecule has 3 aliphatic rings. The Morgan fingerprint density at radius 1 is 1.04 bits per heavy atom. The molecule has 2 aliphatic heterocycles. The Kier molecular flexibility index (Phi) is 10.3. The van der Waals surface area contributed by atoms with Gasteiger partial charge in [0.1, 0.15) is 0 Å². The highest BCUT2D eigenvalue weighted by atomic mass is 127. The zero-order chi connectivity index (χ0) is 19.1. The molecule has 1 amide bonds. The van der Waals surface area contributed by atoms with Gasteiger partial charge >= 0.3 is 0 Å². The second kappa shape index (κ2) is 12.2. The summed E-state index contributed by atoms with van der Waals surface area (Å²) in [5.41, 5.74) is 0. The molecule has 1 aliphatic carbocycles. The molecule has 6 nitrogen and oxygen atoms in total. The van der Waals surface area contributed by atoms with Gasteiger partial charge in [-0.2, -0.15) is 0 Å². The van der Waals surface area contributed by atoms with Gasteiger partial charge in [-0.3, -0.25) is 9.79 Å². The van der Waals surface area contributed by atoms with E-state index in [2.05, 4.69) is 32.3 Å². The summed E-state index contributed by atoms with van der Waals surface area (Å²) in [4.78, 5) is 21.7. The van der Waals surface area contributed by atoms with E-state index in [9.17, 15) is 4.79 Å². The lowest BCUT2D eigenvalue weighted by molar-refractivity contribution is -0.135. The molecule has 0 bridgehead atoms. The molecule has 7 heteroatoms. The van der Waals surface area contributed by atoms with Crippen LogP contribution in [0.1, 0.15) is 58.3 Å². The van der Waals surface area contributed by atoms with Crippen molar-refractivity contribution in [3.63, 3.8) is 0 Å². The van der Waals surface area contributed by atoms with E-state index in [0.29, 0.717) is 11.9 Å². The average Bonchev–Trinajstić information content (AvgIpc) is 3.17. The second-order valence-electron chi connectivity index (χ2n) is 8.77. The molecule has 0 radical (unpaired) electrons. The Morgan fingerprint density at radius 2 is 1.75 bits per heavy atom. The first-order valence-corrected chi connectivity index (χ1v) is 11.1. The molecule has 1 unspecified atom stereocenters. The molecule has 2 heterocycles. The van der Waals surface area contributed by atoms with E-state index in [1.807, 2.05) is 7.05 Å². The van der Waals surface area contributed by atoms with Crippen LogP contribution in [0.4, 0.5) is 0 Å². The number of nitrogens with zero attached hydrogens (tertiary/aromatic N) is 3. The van der Waals surface area contributed by atoms with Crippen LogP contribution in [-0.4, -0.2) is 74.0 Å². The Morgan fingerprint density at radius 3 is 2.43 bits per heavy atom. The molecule has 2 N–H and O–H groups in total. The fraction of sp³-hybridized carbons (Fsp3) is 0.905. The second-order valence-corrected chi connectivity index (χ2v) is 8.77. The van der Waals surface area contributed by atoms with Crippen LogP contribution in [0.2, 0.25) is 0 Å². The smallest absolute Gasteiger partial charge is 0.225 e. The van der Waals surface area contributed by atoms with Gasteiger partial charge in [0.2, 0.25) is 5.91 Å². The van der Waals surface area contributed by atoms with E-state index in [-0.39, 0.29) is 29.9 Å². The number of halogens is 1. The average molecular weight is 505 g/mol. The van der Waals surface area contributed by atoms with Gasteiger partial charge in [-0.1, -0.05) is 26.2 Å². The molecule has 1 saturated carbocycles. The van der Waals surface area contributed by atoms with Gasteiger partial charge in [-0.15, -0.1) is 24.0 Å². The number of hydrogen-bond acceptors (Lipinski definition) is 3. The monoisotopic (exact) mass is 505 g/mol. The molecular formula is C21H40IN5O. The van der Waals surface area contributed by atoms with Crippen molar-refractivity contribution in [3.05, 3.63) is 0 Å². The molecule has 2 saturated heterocycles. The van der Waals surface area contributed by atoms with Gasteiger partial charge in [0, 0.05) is 45.2 Å². The van der Waals surface area contributed by atoms with Crippen LogP contribution in [0.15, 0.2) is 4.99 Å². The quantitative estimate of drug-likeness (QED) is 0.343. The number of amides is 1. The van der Waals surface area contributed by atoms with Gasteiger partial charge in [0.25, 0.3) is 0 Å². The summed E-state index contributed by atoms with van der Waals surface area (Å²) >= 11 is 0. The van der Waals surface area contributed by atoms with E-state index < -0.39 is 0 Å². The standard InChI is InChI=1S/C21H39N5O.HI/c1-17-8-12-25(13-9-17)15-11-23-21(22-2)24-19-10-14-26(16-19)20(27)18-6-4-3-5-7-18;/h17-19H,3-16H2,1-2H3,(H2,22,23,24);1H. The van der Waals surface area contributed by atoms with E-state index in [4.69, 9.17) is 0 Å². The minimum Gasteiger partial charge on any atom is -0.355 e. The first kappa shape index (κ1) is 23.7. The van der Waals surface area contributed by atoms with Crippen LogP contribution in [0.25, 0.3) is 0 Å².